The molecule has 8 nitrogen and oxygen atoms in total. The number of ether oxygens (including phenoxy) is 3. The van der Waals surface area contributed by atoms with Gasteiger partial charge in [-0.1, -0.05) is 6.07 Å². The minimum absolute atomic E-state index is 0.0215. The molecule has 0 bridgehead atoms. The van der Waals surface area contributed by atoms with E-state index in [0.717, 1.165) is 5.56 Å². The minimum Gasteiger partial charge on any atom is -0.458 e. The molecule has 1 aliphatic rings. The largest absolute Gasteiger partial charge is 0.458 e. The van der Waals surface area contributed by atoms with E-state index in [9.17, 15) is 14.4 Å². The van der Waals surface area contributed by atoms with Gasteiger partial charge in [0.15, 0.2) is 6.10 Å². The Morgan fingerprint density at radius 1 is 1.29 bits per heavy atom. The highest BCUT2D eigenvalue weighted by atomic mass is 16.6. The molecule has 1 aliphatic heterocycles. The Hall–Kier alpha value is -3.03. The number of hydrogen-bond donors (Lipinski definition) is 2. The maximum Gasteiger partial charge on any atom is 0.412 e. The van der Waals surface area contributed by atoms with Crippen molar-refractivity contribution in [1.82, 2.24) is 0 Å². The fourth-order valence-electron chi connectivity index (χ4n) is 1.92. The zero-order chi connectivity index (χ0) is 17.5. The van der Waals surface area contributed by atoms with Gasteiger partial charge in [0.2, 0.25) is 0 Å². The molecule has 1 aromatic rings. The standard InChI is InChI=1S/C16H18N2O6/c1-3-22-15(20)18-13-8-11(5-4-10(13)2)17-16(21)24-12-6-7-14(19)23-9-12/h4-8,12H,3,9H2,1-2H3,(H,17,21)(H,18,20). The Morgan fingerprint density at radius 2 is 2.08 bits per heavy atom. The number of carbonyl (C=O) groups is 3. The van der Waals surface area contributed by atoms with Gasteiger partial charge in [0, 0.05) is 17.5 Å². The van der Waals surface area contributed by atoms with Gasteiger partial charge < -0.3 is 14.2 Å². The van der Waals surface area contributed by atoms with Gasteiger partial charge in [-0.3, -0.25) is 10.6 Å². The van der Waals surface area contributed by atoms with Crippen LogP contribution in [0.15, 0.2) is 30.4 Å². The lowest BCUT2D eigenvalue weighted by Crippen LogP contribution is -2.28. The van der Waals surface area contributed by atoms with Crippen LogP contribution in [0.5, 0.6) is 0 Å². The molecule has 2 amide bonds. The average Bonchev–Trinajstić information content (AvgIpc) is 2.53. The highest BCUT2D eigenvalue weighted by molar-refractivity contribution is 5.90. The van der Waals surface area contributed by atoms with E-state index in [2.05, 4.69) is 10.6 Å². The monoisotopic (exact) mass is 334 g/mol. The van der Waals surface area contributed by atoms with Crippen LogP contribution in [-0.2, 0) is 19.0 Å². The zero-order valence-electron chi connectivity index (χ0n) is 13.3. The van der Waals surface area contributed by atoms with Crippen LogP contribution < -0.4 is 10.6 Å². The fourth-order valence-corrected chi connectivity index (χ4v) is 1.92. The van der Waals surface area contributed by atoms with Gasteiger partial charge in [0.1, 0.15) is 6.61 Å². The number of amides is 2. The summed E-state index contributed by atoms with van der Waals surface area (Å²) in [6.07, 6.45) is 0.747. The fraction of sp³-hybridized carbons (Fsp3) is 0.312. The van der Waals surface area contributed by atoms with E-state index in [1.165, 1.54) is 12.2 Å². The molecule has 1 unspecified atom stereocenters. The quantitative estimate of drug-likeness (QED) is 0.648. The van der Waals surface area contributed by atoms with Crippen molar-refractivity contribution in [3.05, 3.63) is 35.9 Å². The van der Waals surface area contributed by atoms with E-state index >= 15 is 0 Å². The summed E-state index contributed by atoms with van der Waals surface area (Å²) in [6, 6.07) is 4.99. The van der Waals surface area contributed by atoms with Crippen molar-refractivity contribution in [3.8, 4) is 0 Å². The van der Waals surface area contributed by atoms with Crippen molar-refractivity contribution in [1.29, 1.82) is 0 Å². The van der Waals surface area contributed by atoms with Gasteiger partial charge in [-0.2, -0.15) is 0 Å². The summed E-state index contributed by atoms with van der Waals surface area (Å²) in [4.78, 5) is 34.2. The molecule has 0 saturated carbocycles. The van der Waals surface area contributed by atoms with Crippen molar-refractivity contribution in [2.24, 2.45) is 0 Å². The molecule has 0 fully saturated rings. The van der Waals surface area contributed by atoms with Crippen LogP contribution in [0.1, 0.15) is 12.5 Å². The van der Waals surface area contributed by atoms with Gasteiger partial charge in [-0.05, 0) is 37.6 Å². The molecular weight excluding hydrogens is 316 g/mol. The van der Waals surface area contributed by atoms with Gasteiger partial charge in [-0.15, -0.1) is 0 Å². The predicted molar refractivity (Wildman–Crippen MR) is 85.8 cm³/mol. The molecule has 1 heterocycles. The molecule has 0 saturated heterocycles. The first kappa shape index (κ1) is 17.3. The van der Waals surface area contributed by atoms with Gasteiger partial charge in [0.05, 0.1) is 6.61 Å². The number of anilines is 2. The van der Waals surface area contributed by atoms with Gasteiger partial charge >= 0.3 is 18.2 Å². The normalized spacial score (nSPS) is 16.1. The molecule has 0 radical (unpaired) electrons. The van der Waals surface area contributed by atoms with Crippen molar-refractivity contribution in [2.75, 3.05) is 23.8 Å². The Labute approximate surface area is 138 Å². The van der Waals surface area contributed by atoms with E-state index < -0.39 is 24.3 Å². The number of hydrogen-bond acceptors (Lipinski definition) is 6. The number of rotatable bonds is 4. The molecule has 1 atom stereocenters. The van der Waals surface area contributed by atoms with Crippen molar-refractivity contribution < 1.29 is 28.6 Å². The number of cyclic esters (lactones) is 1. The van der Waals surface area contributed by atoms with Crippen LogP contribution in [0, 0.1) is 6.92 Å². The minimum atomic E-state index is -0.700. The summed E-state index contributed by atoms with van der Waals surface area (Å²) in [7, 11) is 0. The highest BCUT2D eigenvalue weighted by Crippen LogP contribution is 2.21. The number of aryl methyl sites for hydroxylation is 1. The lowest BCUT2D eigenvalue weighted by atomic mass is 10.2. The van der Waals surface area contributed by atoms with E-state index in [4.69, 9.17) is 14.2 Å². The summed E-state index contributed by atoms with van der Waals surface area (Å²) in [6.45, 7) is 3.75. The molecule has 0 spiro atoms. The summed E-state index contributed by atoms with van der Waals surface area (Å²) >= 11 is 0. The molecule has 8 heteroatoms. The van der Waals surface area contributed by atoms with E-state index in [1.54, 1.807) is 25.1 Å². The van der Waals surface area contributed by atoms with E-state index in [0.29, 0.717) is 11.4 Å². The van der Waals surface area contributed by atoms with Crippen molar-refractivity contribution in [3.63, 3.8) is 0 Å². The Kier molecular flexibility index (Phi) is 5.78. The van der Waals surface area contributed by atoms with Gasteiger partial charge in [-0.25, -0.2) is 14.4 Å². The smallest absolute Gasteiger partial charge is 0.412 e. The molecule has 2 N–H and O–H groups in total. The maximum absolute atomic E-state index is 11.9. The predicted octanol–water partition coefficient (Wildman–Crippen LogP) is 2.59. The maximum atomic E-state index is 11.9. The number of carbonyl (C=O) groups excluding carboxylic acids is 3. The summed E-state index contributed by atoms with van der Waals surface area (Å²) in [5.41, 5.74) is 1.76. The van der Waals surface area contributed by atoms with Crippen LogP contribution in [0.2, 0.25) is 0 Å². The second kappa shape index (κ2) is 8.00. The number of esters is 1. The lowest BCUT2D eigenvalue weighted by Gasteiger charge is -2.18. The third kappa shape index (κ3) is 5.01. The second-order valence-corrected chi connectivity index (χ2v) is 4.93. The van der Waals surface area contributed by atoms with Crippen LogP contribution in [0.4, 0.5) is 21.0 Å². The summed E-state index contributed by atoms with van der Waals surface area (Å²) in [5.74, 6) is -0.469. The Balaban J connectivity index is 1.96. The lowest BCUT2D eigenvalue weighted by molar-refractivity contribution is -0.141. The molecule has 1 aromatic carbocycles. The average molecular weight is 334 g/mol. The molecule has 128 valence electrons. The summed E-state index contributed by atoms with van der Waals surface area (Å²) in [5, 5.41) is 5.13. The zero-order valence-corrected chi connectivity index (χ0v) is 13.3. The topological polar surface area (TPSA) is 103 Å². The molecule has 0 aromatic heterocycles. The Bertz CT molecular complexity index is 671. The molecular formula is C16H18N2O6. The molecule has 24 heavy (non-hydrogen) atoms. The summed E-state index contributed by atoms with van der Waals surface area (Å²) < 4.78 is 14.7. The van der Waals surface area contributed by atoms with Crippen LogP contribution in [0.25, 0.3) is 0 Å². The third-order valence-corrected chi connectivity index (χ3v) is 3.09. The van der Waals surface area contributed by atoms with Crippen molar-refractivity contribution >= 4 is 29.5 Å². The van der Waals surface area contributed by atoms with E-state index in [1.807, 2.05) is 6.92 Å². The number of benzene rings is 1. The third-order valence-electron chi connectivity index (χ3n) is 3.09. The first-order chi connectivity index (χ1) is 11.5. The second-order valence-electron chi connectivity index (χ2n) is 4.93. The molecule has 0 aliphatic carbocycles. The highest BCUT2D eigenvalue weighted by Gasteiger charge is 2.18. The molecule has 2 rings (SSSR count). The first-order valence-corrected chi connectivity index (χ1v) is 7.35. The van der Waals surface area contributed by atoms with Crippen molar-refractivity contribution in [2.45, 2.75) is 20.0 Å². The van der Waals surface area contributed by atoms with Crippen LogP contribution >= 0.6 is 0 Å². The van der Waals surface area contributed by atoms with E-state index in [-0.39, 0.29) is 13.2 Å². The SMILES string of the molecule is CCOC(=O)Nc1cc(NC(=O)OC2C=CC(=O)OC2)ccc1C. The Morgan fingerprint density at radius 3 is 2.75 bits per heavy atom. The first-order valence-electron chi connectivity index (χ1n) is 7.35. The van der Waals surface area contributed by atoms with Crippen LogP contribution in [-0.4, -0.2) is 37.5 Å². The van der Waals surface area contributed by atoms with Crippen LogP contribution in [0.3, 0.4) is 0 Å². The van der Waals surface area contributed by atoms with Gasteiger partial charge in [0.25, 0.3) is 0 Å². The number of nitrogens with one attached hydrogen (secondary N) is 2.